The highest BCUT2D eigenvalue weighted by Crippen LogP contribution is 2.30. The molecule has 0 saturated carbocycles. The Bertz CT molecular complexity index is 956. The second-order valence-electron chi connectivity index (χ2n) is 7.19. The highest BCUT2D eigenvalue weighted by Gasteiger charge is 2.21. The second kappa shape index (κ2) is 6.81. The van der Waals surface area contributed by atoms with Gasteiger partial charge in [-0.15, -0.1) is 0 Å². The number of rotatable bonds is 3. The third-order valence-electron chi connectivity index (χ3n) is 5.46. The van der Waals surface area contributed by atoms with E-state index in [1.54, 1.807) is 0 Å². The first-order valence-electron chi connectivity index (χ1n) is 9.69. The van der Waals surface area contributed by atoms with Crippen LogP contribution >= 0.6 is 0 Å². The van der Waals surface area contributed by atoms with E-state index < -0.39 is 0 Å². The fourth-order valence-corrected chi connectivity index (χ4v) is 4.11. The Kier molecular flexibility index (Phi) is 4.16. The van der Waals surface area contributed by atoms with E-state index >= 15 is 0 Å². The van der Waals surface area contributed by atoms with Crippen LogP contribution < -0.4 is 9.80 Å². The molecule has 2 fully saturated rings. The fraction of sp³-hybridized carbons (Fsp3) is 0.450. The van der Waals surface area contributed by atoms with E-state index in [-0.39, 0.29) is 0 Å². The van der Waals surface area contributed by atoms with Gasteiger partial charge in [0.25, 0.3) is 0 Å². The van der Waals surface area contributed by atoms with Crippen LogP contribution in [0.1, 0.15) is 18.5 Å². The van der Waals surface area contributed by atoms with Gasteiger partial charge in [-0.1, -0.05) is 0 Å². The number of hydrogen-bond acceptors (Lipinski definition) is 6. The van der Waals surface area contributed by atoms with E-state index in [1.807, 2.05) is 18.6 Å². The highest BCUT2D eigenvalue weighted by molar-refractivity contribution is 5.74. The zero-order valence-electron chi connectivity index (χ0n) is 15.6. The van der Waals surface area contributed by atoms with Gasteiger partial charge in [0.05, 0.1) is 24.6 Å². The van der Waals surface area contributed by atoms with E-state index in [1.165, 1.54) is 12.8 Å². The van der Waals surface area contributed by atoms with Crippen LogP contribution in [0.2, 0.25) is 0 Å². The number of hydrogen-bond donors (Lipinski definition) is 0. The molecule has 0 aliphatic carbocycles. The molecular formula is C20H24N6O. The smallest absolute Gasteiger partial charge is 0.181 e. The van der Waals surface area contributed by atoms with Gasteiger partial charge in [-0.05, 0) is 31.9 Å². The lowest BCUT2D eigenvalue weighted by Crippen LogP contribution is -2.37. The van der Waals surface area contributed by atoms with Crippen molar-refractivity contribution in [3.63, 3.8) is 0 Å². The third-order valence-corrected chi connectivity index (χ3v) is 5.46. The number of fused-ring (bicyclic) bond motifs is 1. The molecule has 0 atom stereocenters. The number of aromatic nitrogens is 4. The van der Waals surface area contributed by atoms with Crippen molar-refractivity contribution in [3.8, 4) is 11.3 Å². The molecule has 0 unspecified atom stereocenters. The fourth-order valence-electron chi connectivity index (χ4n) is 4.11. The Morgan fingerprint density at radius 1 is 0.963 bits per heavy atom. The summed E-state index contributed by atoms with van der Waals surface area (Å²) in [6.45, 7) is 7.42. The zero-order chi connectivity index (χ0) is 18.2. The predicted octanol–water partition coefficient (Wildman–Crippen LogP) is 2.54. The van der Waals surface area contributed by atoms with Crippen LogP contribution in [-0.2, 0) is 4.74 Å². The molecule has 0 amide bonds. The Balaban J connectivity index is 1.59. The van der Waals surface area contributed by atoms with Crippen molar-refractivity contribution in [2.75, 3.05) is 49.2 Å². The standard InChI is InChI=1S/C20H24N6O/c1-15-18(16-4-5-21-17(14-16)24-7-2-3-8-24)26-9-6-22-19(20(26)23-15)25-10-12-27-13-11-25/h4-6,9,14H,2-3,7-8,10-13H2,1H3. The molecule has 0 spiro atoms. The monoisotopic (exact) mass is 364 g/mol. The highest BCUT2D eigenvalue weighted by atomic mass is 16.5. The first-order chi connectivity index (χ1) is 13.3. The maximum atomic E-state index is 5.49. The number of aryl methyl sites for hydroxylation is 1. The molecule has 3 aromatic heterocycles. The van der Waals surface area contributed by atoms with Gasteiger partial charge in [0.1, 0.15) is 5.82 Å². The van der Waals surface area contributed by atoms with Gasteiger partial charge in [0, 0.05) is 50.3 Å². The summed E-state index contributed by atoms with van der Waals surface area (Å²) in [5, 5.41) is 0. The van der Waals surface area contributed by atoms with Crippen LogP contribution in [0.3, 0.4) is 0 Å². The molecule has 5 heterocycles. The topological polar surface area (TPSA) is 58.8 Å². The molecule has 2 aliphatic rings. The van der Waals surface area contributed by atoms with Crippen LogP contribution in [-0.4, -0.2) is 58.7 Å². The average Bonchev–Trinajstić information content (AvgIpc) is 3.36. The van der Waals surface area contributed by atoms with Crippen molar-refractivity contribution in [2.24, 2.45) is 0 Å². The van der Waals surface area contributed by atoms with Crippen molar-refractivity contribution >= 4 is 17.3 Å². The molecule has 2 saturated heterocycles. The Morgan fingerprint density at radius 2 is 1.78 bits per heavy atom. The van der Waals surface area contributed by atoms with Gasteiger partial charge >= 0.3 is 0 Å². The van der Waals surface area contributed by atoms with Gasteiger partial charge in [-0.3, -0.25) is 4.40 Å². The van der Waals surface area contributed by atoms with Gasteiger partial charge in [-0.2, -0.15) is 0 Å². The zero-order valence-corrected chi connectivity index (χ0v) is 15.6. The molecular weight excluding hydrogens is 340 g/mol. The minimum absolute atomic E-state index is 0.735. The van der Waals surface area contributed by atoms with Crippen LogP contribution in [0.25, 0.3) is 16.9 Å². The van der Waals surface area contributed by atoms with Gasteiger partial charge < -0.3 is 14.5 Å². The van der Waals surface area contributed by atoms with Crippen LogP contribution in [0.4, 0.5) is 11.6 Å². The van der Waals surface area contributed by atoms with Crippen molar-refractivity contribution < 1.29 is 4.74 Å². The van der Waals surface area contributed by atoms with Crippen molar-refractivity contribution in [3.05, 3.63) is 36.4 Å². The van der Waals surface area contributed by atoms with Gasteiger partial charge in [0.15, 0.2) is 11.5 Å². The maximum absolute atomic E-state index is 5.49. The van der Waals surface area contributed by atoms with Crippen LogP contribution in [0.15, 0.2) is 30.7 Å². The van der Waals surface area contributed by atoms with Gasteiger partial charge in [-0.25, -0.2) is 15.0 Å². The summed E-state index contributed by atoms with van der Waals surface area (Å²) in [5.41, 5.74) is 4.18. The summed E-state index contributed by atoms with van der Waals surface area (Å²) in [6.07, 6.45) is 8.27. The number of imidazole rings is 1. The van der Waals surface area contributed by atoms with Gasteiger partial charge in [0.2, 0.25) is 0 Å². The number of pyridine rings is 1. The largest absolute Gasteiger partial charge is 0.378 e. The summed E-state index contributed by atoms with van der Waals surface area (Å²) >= 11 is 0. The van der Waals surface area contributed by atoms with Crippen molar-refractivity contribution in [1.82, 2.24) is 19.4 Å². The summed E-state index contributed by atoms with van der Waals surface area (Å²) in [4.78, 5) is 18.7. The van der Waals surface area contributed by atoms with E-state index in [0.717, 1.165) is 73.6 Å². The van der Waals surface area contributed by atoms with Crippen molar-refractivity contribution in [1.29, 1.82) is 0 Å². The molecule has 0 N–H and O–H groups in total. The molecule has 3 aromatic rings. The summed E-state index contributed by atoms with van der Waals surface area (Å²) in [7, 11) is 0. The summed E-state index contributed by atoms with van der Waals surface area (Å²) < 4.78 is 7.65. The molecule has 140 valence electrons. The first-order valence-corrected chi connectivity index (χ1v) is 9.69. The van der Waals surface area contributed by atoms with E-state index in [2.05, 4.69) is 43.2 Å². The normalized spacial score (nSPS) is 17.8. The van der Waals surface area contributed by atoms with E-state index in [0.29, 0.717) is 0 Å². The Morgan fingerprint density at radius 3 is 2.59 bits per heavy atom. The first kappa shape index (κ1) is 16.5. The lowest BCUT2D eigenvalue weighted by Gasteiger charge is -2.27. The van der Waals surface area contributed by atoms with Crippen LogP contribution in [0, 0.1) is 6.92 Å². The minimum Gasteiger partial charge on any atom is -0.378 e. The number of nitrogens with zero attached hydrogens (tertiary/aromatic N) is 6. The van der Waals surface area contributed by atoms with Crippen LogP contribution in [0.5, 0.6) is 0 Å². The second-order valence-corrected chi connectivity index (χ2v) is 7.19. The molecule has 7 nitrogen and oxygen atoms in total. The average molecular weight is 364 g/mol. The number of ether oxygens (including phenoxy) is 1. The summed E-state index contributed by atoms with van der Waals surface area (Å²) in [6, 6.07) is 4.27. The third kappa shape index (κ3) is 2.92. The minimum atomic E-state index is 0.735. The molecule has 2 aliphatic heterocycles. The lowest BCUT2D eigenvalue weighted by atomic mass is 10.1. The summed E-state index contributed by atoms with van der Waals surface area (Å²) in [5.74, 6) is 1.99. The Hall–Kier alpha value is -2.67. The van der Waals surface area contributed by atoms with E-state index in [9.17, 15) is 0 Å². The molecule has 0 bridgehead atoms. The predicted molar refractivity (Wildman–Crippen MR) is 105 cm³/mol. The molecule has 7 heteroatoms. The van der Waals surface area contributed by atoms with Crippen molar-refractivity contribution in [2.45, 2.75) is 19.8 Å². The molecule has 27 heavy (non-hydrogen) atoms. The maximum Gasteiger partial charge on any atom is 0.181 e. The SMILES string of the molecule is Cc1nc2c(N3CCOCC3)nccn2c1-c1ccnc(N2CCCC2)c1. The van der Waals surface area contributed by atoms with E-state index in [4.69, 9.17) is 9.72 Å². The molecule has 5 rings (SSSR count). The molecule has 0 aromatic carbocycles. The number of anilines is 2. The Labute approximate surface area is 158 Å². The molecule has 0 radical (unpaired) electrons. The quantitative estimate of drug-likeness (QED) is 0.712. The number of morpholine rings is 1. The lowest BCUT2D eigenvalue weighted by molar-refractivity contribution is 0.122.